The van der Waals surface area contributed by atoms with Crippen LogP contribution in [-0.2, 0) is 0 Å². The molecule has 2 aromatic carbocycles. The van der Waals surface area contributed by atoms with Gasteiger partial charge >= 0.3 is 0 Å². The van der Waals surface area contributed by atoms with E-state index < -0.39 is 5.92 Å². The number of nitrogens with zero attached hydrogens (tertiary/aromatic N) is 1. The lowest BCUT2D eigenvalue weighted by Crippen LogP contribution is -2.11. The lowest BCUT2D eigenvalue weighted by Gasteiger charge is -2.09. The quantitative estimate of drug-likeness (QED) is 0.797. The van der Waals surface area contributed by atoms with Crippen LogP contribution in [0.1, 0.15) is 21.8 Å². The highest BCUT2D eigenvalue weighted by atomic mass is 79.9. The van der Waals surface area contributed by atoms with Gasteiger partial charge in [0.2, 0.25) is 6.79 Å². The molecule has 0 N–H and O–H groups in total. The van der Waals surface area contributed by atoms with Gasteiger partial charge in [-0.3, -0.25) is 4.79 Å². The van der Waals surface area contributed by atoms with Gasteiger partial charge in [-0.15, -0.1) is 0 Å². The van der Waals surface area contributed by atoms with Gasteiger partial charge in [0.1, 0.15) is 5.92 Å². The summed E-state index contributed by atoms with van der Waals surface area (Å²) >= 11 is 3.33. The first kappa shape index (κ1) is 13.7. The van der Waals surface area contributed by atoms with Gasteiger partial charge in [0.15, 0.2) is 17.3 Å². The van der Waals surface area contributed by atoms with Crippen LogP contribution in [0.5, 0.6) is 11.5 Å². The number of hydrogen-bond acceptors (Lipinski definition) is 4. The third kappa shape index (κ3) is 2.63. The predicted octanol–water partition coefficient (Wildman–Crippen LogP) is 3.67. The first-order valence-electron chi connectivity index (χ1n) is 6.28. The second-order valence-electron chi connectivity index (χ2n) is 4.55. The van der Waals surface area contributed by atoms with E-state index in [9.17, 15) is 10.1 Å². The molecule has 21 heavy (non-hydrogen) atoms. The topological polar surface area (TPSA) is 59.3 Å². The molecule has 0 saturated heterocycles. The SMILES string of the molecule is N#CC(C(=O)c1cccc(Br)c1)c1ccc2c(c1)OCO2. The van der Waals surface area contributed by atoms with E-state index in [0.29, 0.717) is 22.6 Å². The average molecular weight is 344 g/mol. The van der Waals surface area contributed by atoms with Crippen molar-refractivity contribution >= 4 is 21.7 Å². The highest BCUT2D eigenvalue weighted by Crippen LogP contribution is 2.35. The number of ether oxygens (including phenoxy) is 2. The molecule has 2 aromatic rings. The molecule has 0 saturated carbocycles. The molecule has 1 aliphatic rings. The molecular formula is C16H10BrNO3. The van der Waals surface area contributed by atoms with Gasteiger partial charge in [-0.2, -0.15) is 5.26 Å². The molecule has 1 heterocycles. The standard InChI is InChI=1S/C16H10BrNO3/c17-12-3-1-2-11(6-12)16(19)13(8-18)10-4-5-14-15(7-10)21-9-20-14/h1-7,13H,9H2. The average Bonchev–Trinajstić information content (AvgIpc) is 2.95. The fourth-order valence-electron chi connectivity index (χ4n) is 2.19. The minimum absolute atomic E-state index is 0.162. The van der Waals surface area contributed by atoms with Crippen molar-refractivity contribution in [3.05, 3.63) is 58.1 Å². The summed E-state index contributed by atoms with van der Waals surface area (Å²) in [6.45, 7) is 0.162. The van der Waals surface area contributed by atoms with Crippen LogP contribution in [0.15, 0.2) is 46.9 Å². The van der Waals surface area contributed by atoms with E-state index in [1.54, 1.807) is 36.4 Å². The first-order chi connectivity index (χ1) is 10.2. The molecule has 104 valence electrons. The van der Waals surface area contributed by atoms with Gasteiger partial charge < -0.3 is 9.47 Å². The van der Waals surface area contributed by atoms with E-state index in [0.717, 1.165) is 4.47 Å². The Hall–Kier alpha value is -2.32. The second kappa shape index (κ2) is 5.58. The number of rotatable bonds is 3. The van der Waals surface area contributed by atoms with Crippen molar-refractivity contribution in [2.24, 2.45) is 0 Å². The monoisotopic (exact) mass is 343 g/mol. The van der Waals surface area contributed by atoms with Crippen LogP contribution in [0, 0.1) is 11.3 Å². The van der Waals surface area contributed by atoms with E-state index in [1.807, 2.05) is 6.07 Å². The molecule has 5 heteroatoms. The lowest BCUT2D eigenvalue weighted by atomic mass is 9.91. The van der Waals surface area contributed by atoms with E-state index in [-0.39, 0.29) is 12.6 Å². The molecule has 0 aromatic heterocycles. The third-order valence-electron chi connectivity index (χ3n) is 3.23. The fraction of sp³-hybridized carbons (Fsp3) is 0.125. The fourth-order valence-corrected chi connectivity index (χ4v) is 2.58. The normalized spacial score (nSPS) is 13.5. The van der Waals surface area contributed by atoms with Crippen LogP contribution < -0.4 is 9.47 Å². The predicted molar refractivity (Wildman–Crippen MR) is 79.4 cm³/mol. The van der Waals surface area contributed by atoms with E-state index >= 15 is 0 Å². The van der Waals surface area contributed by atoms with Crippen molar-refractivity contribution in [2.45, 2.75) is 5.92 Å². The maximum Gasteiger partial charge on any atom is 0.231 e. The summed E-state index contributed by atoms with van der Waals surface area (Å²) in [4.78, 5) is 12.5. The van der Waals surface area contributed by atoms with Crippen LogP contribution in [-0.4, -0.2) is 12.6 Å². The van der Waals surface area contributed by atoms with E-state index in [1.165, 1.54) is 0 Å². The highest BCUT2D eigenvalue weighted by Gasteiger charge is 2.24. The van der Waals surface area contributed by atoms with Crippen LogP contribution in [0.4, 0.5) is 0 Å². The Kier molecular flexibility index (Phi) is 3.63. The summed E-state index contributed by atoms with van der Waals surface area (Å²) in [5.74, 6) is 0.0894. The van der Waals surface area contributed by atoms with Crippen LogP contribution in [0.2, 0.25) is 0 Å². The number of carbonyl (C=O) groups is 1. The molecule has 3 rings (SSSR count). The molecule has 0 amide bonds. The first-order valence-corrected chi connectivity index (χ1v) is 7.07. The summed E-state index contributed by atoms with van der Waals surface area (Å²) in [7, 11) is 0. The van der Waals surface area contributed by atoms with Gasteiger partial charge in [0, 0.05) is 10.0 Å². The molecule has 0 spiro atoms. The van der Waals surface area contributed by atoms with Gasteiger partial charge in [-0.05, 0) is 29.8 Å². The van der Waals surface area contributed by atoms with Gasteiger partial charge in [-0.1, -0.05) is 34.1 Å². The minimum Gasteiger partial charge on any atom is -0.454 e. The molecular weight excluding hydrogens is 334 g/mol. The largest absolute Gasteiger partial charge is 0.454 e. The molecule has 0 aliphatic carbocycles. The Labute approximate surface area is 130 Å². The number of Topliss-reactive ketones (excluding diaryl/α,β-unsaturated/α-hetero) is 1. The Morgan fingerprint density at radius 1 is 1.19 bits per heavy atom. The number of fused-ring (bicyclic) bond motifs is 1. The zero-order chi connectivity index (χ0) is 14.8. The van der Waals surface area contributed by atoms with Crippen molar-refractivity contribution in [1.29, 1.82) is 5.26 Å². The van der Waals surface area contributed by atoms with Crippen LogP contribution >= 0.6 is 15.9 Å². The highest BCUT2D eigenvalue weighted by molar-refractivity contribution is 9.10. The number of halogens is 1. The van der Waals surface area contributed by atoms with Crippen molar-refractivity contribution in [2.75, 3.05) is 6.79 Å². The maximum atomic E-state index is 12.5. The lowest BCUT2D eigenvalue weighted by molar-refractivity contribution is 0.0979. The molecule has 0 bridgehead atoms. The zero-order valence-corrected chi connectivity index (χ0v) is 12.5. The van der Waals surface area contributed by atoms with Gasteiger partial charge in [0.25, 0.3) is 0 Å². The van der Waals surface area contributed by atoms with Crippen molar-refractivity contribution in [3.8, 4) is 17.6 Å². The van der Waals surface area contributed by atoms with E-state index in [2.05, 4.69) is 22.0 Å². The maximum absolute atomic E-state index is 12.5. The minimum atomic E-state index is -0.867. The summed E-state index contributed by atoms with van der Waals surface area (Å²) in [5.41, 5.74) is 1.10. The van der Waals surface area contributed by atoms with Crippen LogP contribution in [0.25, 0.3) is 0 Å². The van der Waals surface area contributed by atoms with Crippen molar-refractivity contribution < 1.29 is 14.3 Å². The van der Waals surface area contributed by atoms with E-state index in [4.69, 9.17) is 9.47 Å². The summed E-state index contributed by atoms with van der Waals surface area (Å²) in [6.07, 6.45) is 0. The molecule has 1 unspecified atom stereocenters. The van der Waals surface area contributed by atoms with Crippen molar-refractivity contribution in [3.63, 3.8) is 0 Å². The smallest absolute Gasteiger partial charge is 0.231 e. The Morgan fingerprint density at radius 2 is 2.00 bits per heavy atom. The molecule has 0 fully saturated rings. The van der Waals surface area contributed by atoms with Crippen molar-refractivity contribution in [1.82, 2.24) is 0 Å². The third-order valence-corrected chi connectivity index (χ3v) is 3.72. The molecule has 1 aliphatic heterocycles. The summed E-state index contributed by atoms with van der Waals surface area (Å²) in [6, 6.07) is 14.2. The molecule has 4 nitrogen and oxygen atoms in total. The van der Waals surface area contributed by atoms with Gasteiger partial charge in [0.05, 0.1) is 6.07 Å². The number of ketones is 1. The Bertz CT molecular complexity index is 751. The summed E-state index contributed by atoms with van der Waals surface area (Å²) in [5, 5.41) is 9.37. The summed E-state index contributed by atoms with van der Waals surface area (Å²) < 4.78 is 11.3. The number of nitriles is 1. The van der Waals surface area contributed by atoms with Gasteiger partial charge in [-0.25, -0.2) is 0 Å². The molecule has 1 atom stereocenters. The van der Waals surface area contributed by atoms with Crippen LogP contribution in [0.3, 0.4) is 0 Å². The Balaban J connectivity index is 1.95. The second-order valence-corrected chi connectivity index (χ2v) is 5.47. The number of carbonyl (C=O) groups excluding carboxylic acids is 1. The Morgan fingerprint density at radius 3 is 2.76 bits per heavy atom. The zero-order valence-electron chi connectivity index (χ0n) is 10.9. The number of hydrogen-bond donors (Lipinski definition) is 0. The molecule has 0 radical (unpaired) electrons. The number of benzene rings is 2.